The molecule has 19 heavy (non-hydrogen) atoms. The van der Waals surface area contributed by atoms with Crippen LogP contribution in [0.3, 0.4) is 0 Å². The molecule has 0 saturated carbocycles. The Kier molecular flexibility index (Phi) is 4.62. The molecule has 1 nitrogen and oxygen atoms in total. The fourth-order valence-corrected chi connectivity index (χ4v) is 2.33. The third-order valence-corrected chi connectivity index (χ3v) is 3.51. The zero-order valence-corrected chi connectivity index (χ0v) is 12.2. The number of unbranched alkanes of at least 4 members (excludes halogenated alkanes) is 1. The maximum absolute atomic E-state index is 2.25. The zero-order valence-electron chi connectivity index (χ0n) is 12.2. The van der Waals surface area contributed by atoms with Crippen LogP contribution in [0, 0.1) is 0 Å². The molecule has 0 unspecified atom stereocenters. The predicted molar refractivity (Wildman–Crippen MR) is 84.8 cm³/mol. The van der Waals surface area contributed by atoms with Gasteiger partial charge in [0.25, 0.3) is 0 Å². The van der Waals surface area contributed by atoms with Crippen LogP contribution in [0.2, 0.25) is 0 Å². The minimum absolute atomic E-state index is 1.17. The second kappa shape index (κ2) is 6.42. The van der Waals surface area contributed by atoms with Crippen molar-refractivity contribution in [1.29, 1.82) is 0 Å². The van der Waals surface area contributed by atoms with Crippen LogP contribution in [-0.2, 0) is 6.42 Å². The summed E-state index contributed by atoms with van der Waals surface area (Å²) in [5.74, 6) is 0. The summed E-state index contributed by atoms with van der Waals surface area (Å²) >= 11 is 0. The Morgan fingerprint density at radius 3 is 2.21 bits per heavy atom. The molecule has 2 aromatic rings. The van der Waals surface area contributed by atoms with E-state index in [4.69, 9.17) is 0 Å². The lowest BCUT2D eigenvalue weighted by Crippen LogP contribution is -2.07. The Balaban J connectivity index is 2.30. The average Bonchev–Trinajstić information content (AvgIpc) is 2.45. The third-order valence-electron chi connectivity index (χ3n) is 3.51. The van der Waals surface area contributed by atoms with Crippen molar-refractivity contribution >= 4 is 5.69 Å². The van der Waals surface area contributed by atoms with Crippen molar-refractivity contribution < 1.29 is 0 Å². The Morgan fingerprint density at radius 1 is 0.895 bits per heavy atom. The van der Waals surface area contributed by atoms with Crippen molar-refractivity contribution in [2.45, 2.75) is 26.2 Å². The van der Waals surface area contributed by atoms with Crippen LogP contribution in [0.1, 0.15) is 25.3 Å². The van der Waals surface area contributed by atoms with Gasteiger partial charge in [0.05, 0.1) is 0 Å². The zero-order chi connectivity index (χ0) is 13.7. The van der Waals surface area contributed by atoms with E-state index < -0.39 is 0 Å². The van der Waals surface area contributed by atoms with Gasteiger partial charge in [0.2, 0.25) is 0 Å². The highest BCUT2D eigenvalue weighted by Gasteiger charge is 2.04. The minimum Gasteiger partial charge on any atom is -0.378 e. The molecule has 0 radical (unpaired) electrons. The summed E-state index contributed by atoms with van der Waals surface area (Å²) in [6.45, 7) is 2.24. The van der Waals surface area contributed by atoms with Crippen molar-refractivity contribution in [3.63, 3.8) is 0 Å². The van der Waals surface area contributed by atoms with Gasteiger partial charge in [-0.3, -0.25) is 0 Å². The van der Waals surface area contributed by atoms with Gasteiger partial charge in [-0.2, -0.15) is 0 Å². The molecule has 0 N–H and O–H groups in total. The van der Waals surface area contributed by atoms with Crippen LogP contribution in [0.25, 0.3) is 11.1 Å². The Bertz CT molecular complexity index is 511. The number of hydrogen-bond acceptors (Lipinski definition) is 1. The fraction of sp³-hybridized carbons (Fsp3) is 0.333. The standard InChI is InChI=1S/C18H23N/c1-4-5-8-15-9-6-7-10-18(15)16-11-13-17(14-12-16)19(2)3/h6-7,9-14H,4-5,8H2,1-3H3. The first kappa shape index (κ1) is 13.7. The molecule has 0 atom stereocenters. The van der Waals surface area contributed by atoms with Gasteiger partial charge in [0.15, 0.2) is 0 Å². The molecule has 100 valence electrons. The molecule has 0 aliphatic heterocycles. The summed E-state index contributed by atoms with van der Waals surface area (Å²) in [5, 5.41) is 0. The molecule has 2 aromatic carbocycles. The second-order valence-electron chi connectivity index (χ2n) is 5.20. The summed E-state index contributed by atoms with van der Waals surface area (Å²) < 4.78 is 0. The average molecular weight is 253 g/mol. The minimum atomic E-state index is 1.17. The fourth-order valence-electron chi connectivity index (χ4n) is 2.33. The molecule has 0 aliphatic carbocycles. The van der Waals surface area contributed by atoms with Crippen LogP contribution in [0.15, 0.2) is 48.5 Å². The Hall–Kier alpha value is -1.76. The van der Waals surface area contributed by atoms with E-state index in [-0.39, 0.29) is 0 Å². The van der Waals surface area contributed by atoms with Gasteiger partial charge in [0, 0.05) is 19.8 Å². The molecule has 0 spiro atoms. The lowest BCUT2D eigenvalue weighted by Gasteiger charge is -2.14. The summed E-state index contributed by atoms with van der Waals surface area (Å²) in [4.78, 5) is 2.13. The number of benzene rings is 2. The number of rotatable bonds is 5. The lowest BCUT2D eigenvalue weighted by molar-refractivity contribution is 0.796. The van der Waals surface area contributed by atoms with Crippen LogP contribution in [0.4, 0.5) is 5.69 Å². The summed E-state index contributed by atoms with van der Waals surface area (Å²) in [6, 6.07) is 17.6. The molecule has 1 heteroatoms. The molecule has 0 aromatic heterocycles. The van der Waals surface area contributed by atoms with Crippen molar-refractivity contribution in [2.24, 2.45) is 0 Å². The van der Waals surface area contributed by atoms with E-state index in [1.165, 1.54) is 41.6 Å². The number of hydrogen-bond donors (Lipinski definition) is 0. The van der Waals surface area contributed by atoms with Crippen molar-refractivity contribution in [3.05, 3.63) is 54.1 Å². The molecule has 0 heterocycles. The largest absolute Gasteiger partial charge is 0.378 e. The molecular formula is C18H23N. The molecule has 2 rings (SSSR count). The molecule has 0 amide bonds. The SMILES string of the molecule is CCCCc1ccccc1-c1ccc(N(C)C)cc1. The third kappa shape index (κ3) is 3.37. The molecule has 0 bridgehead atoms. The topological polar surface area (TPSA) is 3.24 Å². The van der Waals surface area contributed by atoms with Gasteiger partial charge < -0.3 is 4.90 Å². The number of anilines is 1. The van der Waals surface area contributed by atoms with Crippen LogP contribution >= 0.6 is 0 Å². The quantitative estimate of drug-likeness (QED) is 0.742. The van der Waals surface area contributed by atoms with Gasteiger partial charge >= 0.3 is 0 Å². The molecule has 0 saturated heterocycles. The maximum atomic E-state index is 2.25. The maximum Gasteiger partial charge on any atom is 0.0361 e. The second-order valence-corrected chi connectivity index (χ2v) is 5.20. The summed E-state index contributed by atoms with van der Waals surface area (Å²) in [6.07, 6.45) is 3.67. The van der Waals surface area contributed by atoms with E-state index in [0.29, 0.717) is 0 Å². The lowest BCUT2D eigenvalue weighted by atomic mass is 9.96. The van der Waals surface area contributed by atoms with Crippen LogP contribution < -0.4 is 4.90 Å². The Labute approximate surface area is 116 Å². The monoisotopic (exact) mass is 253 g/mol. The van der Waals surface area contributed by atoms with Gasteiger partial charge in [-0.1, -0.05) is 49.7 Å². The summed E-state index contributed by atoms with van der Waals surface area (Å²) in [5.41, 5.74) is 5.40. The van der Waals surface area contributed by atoms with Crippen LogP contribution in [-0.4, -0.2) is 14.1 Å². The van der Waals surface area contributed by atoms with E-state index in [9.17, 15) is 0 Å². The smallest absolute Gasteiger partial charge is 0.0361 e. The van der Waals surface area contributed by atoms with Crippen molar-refractivity contribution in [1.82, 2.24) is 0 Å². The van der Waals surface area contributed by atoms with Gasteiger partial charge in [-0.15, -0.1) is 0 Å². The van der Waals surface area contributed by atoms with Crippen molar-refractivity contribution in [2.75, 3.05) is 19.0 Å². The molecule has 0 aliphatic rings. The summed E-state index contributed by atoms with van der Waals surface area (Å²) in [7, 11) is 4.15. The number of aryl methyl sites for hydroxylation is 1. The van der Waals surface area contributed by atoms with Gasteiger partial charge in [-0.05, 0) is 41.7 Å². The Morgan fingerprint density at radius 2 is 1.58 bits per heavy atom. The van der Waals surface area contributed by atoms with Gasteiger partial charge in [0.1, 0.15) is 0 Å². The molecular weight excluding hydrogens is 230 g/mol. The van der Waals surface area contributed by atoms with E-state index in [0.717, 1.165) is 0 Å². The van der Waals surface area contributed by atoms with Gasteiger partial charge in [-0.25, -0.2) is 0 Å². The van der Waals surface area contributed by atoms with E-state index in [2.05, 4.69) is 74.4 Å². The van der Waals surface area contributed by atoms with Crippen LogP contribution in [0.5, 0.6) is 0 Å². The highest BCUT2D eigenvalue weighted by Crippen LogP contribution is 2.26. The van der Waals surface area contributed by atoms with Crippen molar-refractivity contribution in [3.8, 4) is 11.1 Å². The first-order valence-electron chi connectivity index (χ1n) is 7.08. The normalized spacial score (nSPS) is 10.5. The molecule has 0 fully saturated rings. The highest BCUT2D eigenvalue weighted by atomic mass is 15.1. The first-order chi connectivity index (χ1) is 9.22. The number of nitrogens with zero attached hydrogens (tertiary/aromatic N) is 1. The van der Waals surface area contributed by atoms with E-state index >= 15 is 0 Å². The predicted octanol–water partition coefficient (Wildman–Crippen LogP) is 4.76. The van der Waals surface area contributed by atoms with E-state index in [1.807, 2.05) is 0 Å². The highest BCUT2D eigenvalue weighted by molar-refractivity contribution is 5.69. The first-order valence-corrected chi connectivity index (χ1v) is 7.08. The van der Waals surface area contributed by atoms with E-state index in [1.54, 1.807) is 0 Å².